The van der Waals surface area contributed by atoms with Gasteiger partial charge < -0.3 is 14.7 Å². The zero-order valence-electron chi connectivity index (χ0n) is 16.3. The molecular formula is C21H30N2O4. The first-order chi connectivity index (χ1) is 12.9. The highest BCUT2D eigenvalue weighted by atomic mass is 16.5. The van der Waals surface area contributed by atoms with Crippen molar-refractivity contribution in [2.75, 3.05) is 26.2 Å². The van der Waals surface area contributed by atoms with Crippen LogP contribution in [0.15, 0.2) is 24.3 Å². The molecule has 1 N–H and O–H groups in total. The van der Waals surface area contributed by atoms with Crippen LogP contribution in [0.25, 0.3) is 0 Å². The first-order valence-electron chi connectivity index (χ1n) is 9.90. The van der Waals surface area contributed by atoms with Gasteiger partial charge in [0.25, 0.3) is 0 Å². The number of hydrogen-bond acceptors (Lipinski definition) is 4. The third-order valence-corrected chi connectivity index (χ3v) is 6.06. The Bertz CT molecular complexity index is 683. The molecule has 0 saturated carbocycles. The fourth-order valence-electron chi connectivity index (χ4n) is 4.22. The summed E-state index contributed by atoms with van der Waals surface area (Å²) in [5.74, 6) is -0.0191. The number of carboxylic acid groups (broad SMARTS) is 1. The van der Waals surface area contributed by atoms with Gasteiger partial charge in [-0.3, -0.25) is 9.69 Å². The molecule has 148 valence electrons. The van der Waals surface area contributed by atoms with Gasteiger partial charge in [0, 0.05) is 31.6 Å². The Kier molecular flexibility index (Phi) is 6.05. The molecule has 1 aromatic rings. The van der Waals surface area contributed by atoms with Gasteiger partial charge in [-0.25, -0.2) is 4.79 Å². The maximum Gasteiger partial charge on any atom is 0.344 e. The normalized spacial score (nSPS) is 21.3. The van der Waals surface area contributed by atoms with Gasteiger partial charge in [0.15, 0.2) is 6.10 Å². The topological polar surface area (TPSA) is 70.1 Å². The Morgan fingerprint density at radius 2 is 1.96 bits per heavy atom. The maximum absolute atomic E-state index is 12.0. The average Bonchev–Trinajstić information content (AvgIpc) is 2.67. The summed E-state index contributed by atoms with van der Waals surface area (Å²) in [6.45, 7) is 8.05. The minimum Gasteiger partial charge on any atom is -0.479 e. The number of carboxylic acids is 1. The minimum absolute atomic E-state index is 0.272. The van der Waals surface area contributed by atoms with Gasteiger partial charge in [0.05, 0.1) is 0 Å². The molecule has 6 heteroatoms. The number of aliphatic carboxylic acids is 1. The Labute approximate surface area is 161 Å². The summed E-state index contributed by atoms with van der Waals surface area (Å²) < 4.78 is 5.63. The smallest absolute Gasteiger partial charge is 0.344 e. The molecule has 0 aliphatic carbocycles. The molecule has 2 fully saturated rings. The summed E-state index contributed by atoms with van der Waals surface area (Å²) in [6.07, 6.45) is 3.02. The molecule has 6 nitrogen and oxygen atoms in total. The lowest BCUT2D eigenvalue weighted by atomic mass is 9.72. The van der Waals surface area contributed by atoms with E-state index in [0.717, 1.165) is 57.5 Å². The zero-order valence-corrected chi connectivity index (χ0v) is 16.3. The second kappa shape index (κ2) is 8.30. The SMILES string of the molecule is CCN1CC2(CCC1=O)CCN(Cc1ccccc1O[C@@H](C)C(=O)O)CC2. The van der Waals surface area contributed by atoms with Gasteiger partial charge in [-0.1, -0.05) is 18.2 Å². The number of ether oxygens (including phenoxy) is 1. The van der Waals surface area contributed by atoms with Crippen molar-refractivity contribution in [3.63, 3.8) is 0 Å². The number of rotatable bonds is 6. The Morgan fingerprint density at radius 3 is 2.63 bits per heavy atom. The van der Waals surface area contributed by atoms with Gasteiger partial charge >= 0.3 is 5.97 Å². The average molecular weight is 374 g/mol. The number of hydrogen-bond donors (Lipinski definition) is 1. The van der Waals surface area contributed by atoms with Gasteiger partial charge in [-0.15, -0.1) is 0 Å². The van der Waals surface area contributed by atoms with E-state index in [1.54, 1.807) is 6.92 Å². The lowest BCUT2D eigenvalue weighted by Crippen LogP contribution is -2.51. The van der Waals surface area contributed by atoms with Crippen LogP contribution in [0.4, 0.5) is 0 Å². The second-order valence-corrected chi connectivity index (χ2v) is 7.89. The molecule has 2 saturated heterocycles. The number of para-hydroxylation sites is 1. The van der Waals surface area contributed by atoms with Crippen molar-refractivity contribution < 1.29 is 19.4 Å². The van der Waals surface area contributed by atoms with Crippen molar-refractivity contribution in [2.24, 2.45) is 5.41 Å². The lowest BCUT2D eigenvalue weighted by Gasteiger charge is -2.47. The van der Waals surface area contributed by atoms with Gasteiger partial charge in [0.2, 0.25) is 5.91 Å². The largest absolute Gasteiger partial charge is 0.479 e. The summed E-state index contributed by atoms with van der Waals surface area (Å²) in [5, 5.41) is 9.09. The molecule has 2 aliphatic rings. The van der Waals surface area contributed by atoms with Crippen molar-refractivity contribution in [1.29, 1.82) is 0 Å². The molecule has 1 atom stereocenters. The summed E-state index contributed by atoms with van der Waals surface area (Å²) in [4.78, 5) is 27.5. The molecule has 27 heavy (non-hydrogen) atoms. The van der Waals surface area contributed by atoms with E-state index in [9.17, 15) is 9.59 Å². The molecular weight excluding hydrogens is 344 g/mol. The Morgan fingerprint density at radius 1 is 1.26 bits per heavy atom. The van der Waals surface area contributed by atoms with Gasteiger partial charge in [-0.2, -0.15) is 0 Å². The van der Waals surface area contributed by atoms with E-state index in [1.807, 2.05) is 29.2 Å². The number of carbonyl (C=O) groups excluding carboxylic acids is 1. The number of piperidine rings is 2. The molecule has 0 unspecified atom stereocenters. The molecule has 2 aliphatic heterocycles. The van der Waals surface area contributed by atoms with Crippen LogP contribution >= 0.6 is 0 Å². The number of amides is 1. The number of benzene rings is 1. The van der Waals surface area contributed by atoms with E-state index in [1.165, 1.54) is 0 Å². The van der Waals surface area contributed by atoms with Crippen LogP contribution < -0.4 is 4.74 Å². The van der Waals surface area contributed by atoms with Crippen LogP contribution in [0, 0.1) is 5.41 Å². The van der Waals surface area contributed by atoms with Crippen molar-refractivity contribution in [3.05, 3.63) is 29.8 Å². The van der Waals surface area contributed by atoms with E-state index in [2.05, 4.69) is 11.8 Å². The quantitative estimate of drug-likeness (QED) is 0.829. The molecule has 0 aromatic heterocycles. The molecule has 1 amide bonds. The first kappa shape index (κ1) is 19.7. The van der Waals surface area contributed by atoms with Crippen LogP contribution in [0.2, 0.25) is 0 Å². The Hall–Kier alpha value is -2.08. The number of likely N-dealkylation sites (tertiary alicyclic amines) is 2. The molecule has 1 spiro atoms. The number of nitrogens with zero attached hydrogens (tertiary/aromatic N) is 2. The summed E-state index contributed by atoms with van der Waals surface area (Å²) in [6, 6.07) is 7.68. The van der Waals surface area contributed by atoms with Crippen LogP contribution in [0.1, 0.15) is 45.1 Å². The molecule has 2 heterocycles. The number of carbonyl (C=O) groups is 2. The fourth-order valence-corrected chi connectivity index (χ4v) is 4.22. The molecule has 0 bridgehead atoms. The molecule has 3 rings (SSSR count). The third kappa shape index (κ3) is 4.61. The highest BCUT2D eigenvalue weighted by Gasteiger charge is 2.40. The van der Waals surface area contributed by atoms with Crippen molar-refractivity contribution in [3.8, 4) is 5.75 Å². The summed E-state index contributed by atoms with van der Waals surface area (Å²) in [5.41, 5.74) is 1.30. The third-order valence-electron chi connectivity index (χ3n) is 6.06. The predicted molar refractivity (Wildman–Crippen MR) is 103 cm³/mol. The monoisotopic (exact) mass is 374 g/mol. The van der Waals surface area contributed by atoms with Crippen molar-refractivity contribution in [2.45, 2.75) is 52.2 Å². The van der Waals surface area contributed by atoms with Crippen LogP contribution in [-0.4, -0.2) is 59.1 Å². The predicted octanol–water partition coefficient (Wildman–Crippen LogP) is 2.76. The van der Waals surface area contributed by atoms with Crippen molar-refractivity contribution in [1.82, 2.24) is 9.80 Å². The van der Waals surface area contributed by atoms with E-state index < -0.39 is 12.1 Å². The molecule has 1 aromatic carbocycles. The maximum atomic E-state index is 12.0. The van der Waals surface area contributed by atoms with Gasteiger partial charge in [0.1, 0.15) is 5.75 Å². The fraction of sp³-hybridized carbons (Fsp3) is 0.619. The zero-order chi connectivity index (χ0) is 19.4. The molecule has 0 radical (unpaired) electrons. The highest BCUT2D eigenvalue weighted by Crippen LogP contribution is 2.40. The van der Waals surface area contributed by atoms with E-state index in [4.69, 9.17) is 9.84 Å². The van der Waals surface area contributed by atoms with Crippen LogP contribution in [0.5, 0.6) is 5.75 Å². The highest BCUT2D eigenvalue weighted by molar-refractivity contribution is 5.77. The summed E-state index contributed by atoms with van der Waals surface area (Å²) >= 11 is 0. The van der Waals surface area contributed by atoms with Crippen molar-refractivity contribution >= 4 is 11.9 Å². The second-order valence-electron chi connectivity index (χ2n) is 7.89. The van der Waals surface area contributed by atoms with E-state index >= 15 is 0 Å². The van der Waals surface area contributed by atoms with E-state index in [0.29, 0.717) is 18.1 Å². The Balaban J connectivity index is 1.60. The van der Waals surface area contributed by atoms with Gasteiger partial charge in [-0.05, 0) is 57.7 Å². The standard InChI is InChI=1S/C21H30N2O4/c1-3-23-15-21(9-8-19(23)24)10-12-22(13-11-21)14-17-6-4-5-7-18(17)27-16(2)20(25)26/h4-7,16H,3,8-15H2,1-2H3,(H,25,26)/t16-/m0/s1. The minimum atomic E-state index is -0.961. The summed E-state index contributed by atoms with van der Waals surface area (Å²) in [7, 11) is 0. The van der Waals surface area contributed by atoms with Crippen LogP contribution in [-0.2, 0) is 16.1 Å². The first-order valence-corrected chi connectivity index (χ1v) is 9.90. The lowest BCUT2D eigenvalue weighted by molar-refractivity contribution is -0.144. The van der Waals surface area contributed by atoms with Crippen LogP contribution in [0.3, 0.4) is 0 Å². The van der Waals surface area contributed by atoms with E-state index in [-0.39, 0.29) is 5.41 Å².